The first-order chi connectivity index (χ1) is 11.9. The second-order valence-electron chi connectivity index (χ2n) is 5.87. The summed E-state index contributed by atoms with van der Waals surface area (Å²) in [7, 11) is 0. The Kier molecular flexibility index (Phi) is 4.71. The molecule has 0 N–H and O–H groups in total. The van der Waals surface area contributed by atoms with E-state index in [1.807, 2.05) is 20.8 Å². The molecule has 25 heavy (non-hydrogen) atoms. The number of esters is 1. The normalized spacial score (nSPS) is 11.2. The third kappa shape index (κ3) is 3.48. The molecule has 0 bridgehead atoms. The molecule has 7 nitrogen and oxygen atoms in total. The number of ether oxygens (including phenoxy) is 1. The Bertz CT molecular complexity index is 980. The molecule has 0 saturated carbocycles. The lowest BCUT2D eigenvalue weighted by Crippen LogP contribution is -2.22. The van der Waals surface area contributed by atoms with Gasteiger partial charge in [-0.15, -0.1) is 11.3 Å². The maximum Gasteiger partial charge on any atom is 0.308 e. The van der Waals surface area contributed by atoms with Crippen molar-refractivity contribution in [3.8, 4) is 0 Å². The van der Waals surface area contributed by atoms with Crippen molar-refractivity contribution in [2.75, 3.05) is 0 Å². The Balaban J connectivity index is 1.64. The second kappa shape index (κ2) is 6.79. The van der Waals surface area contributed by atoms with Crippen LogP contribution in [0.5, 0.6) is 0 Å². The molecular formula is C17H19N3O4S. The van der Waals surface area contributed by atoms with Gasteiger partial charge in [0.1, 0.15) is 10.6 Å². The van der Waals surface area contributed by atoms with Gasteiger partial charge in [-0.1, -0.05) is 0 Å². The molecule has 0 aliphatic rings. The largest absolute Gasteiger partial charge is 0.456 e. The molecule has 0 radical (unpaired) electrons. The van der Waals surface area contributed by atoms with Gasteiger partial charge in [0.15, 0.2) is 6.61 Å². The van der Waals surface area contributed by atoms with Gasteiger partial charge < -0.3 is 9.15 Å². The molecule has 3 aromatic rings. The van der Waals surface area contributed by atoms with E-state index in [1.165, 1.54) is 22.2 Å². The number of oxazole rings is 1. The molecular weight excluding hydrogens is 342 g/mol. The van der Waals surface area contributed by atoms with Crippen LogP contribution in [0.15, 0.2) is 15.5 Å². The lowest BCUT2D eigenvalue weighted by molar-refractivity contribution is -0.145. The van der Waals surface area contributed by atoms with E-state index in [0.717, 1.165) is 21.0 Å². The summed E-state index contributed by atoms with van der Waals surface area (Å²) in [6.07, 6.45) is 1.56. The van der Waals surface area contributed by atoms with E-state index in [0.29, 0.717) is 17.0 Å². The molecule has 0 aromatic carbocycles. The molecule has 3 rings (SSSR count). The van der Waals surface area contributed by atoms with Gasteiger partial charge in [-0.3, -0.25) is 14.2 Å². The second-order valence-corrected chi connectivity index (χ2v) is 7.07. The highest BCUT2D eigenvalue weighted by molar-refractivity contribution is 7.18. The van der Waals surface area contributed by atoms with Crippen LogP contribution >= 0.6 is 11.3 Å². The Morgan fingerprint density at radius 2 is 2.08 bits per heavy atom. The molecule has 0 atom stereocenters. The number of fused-ring (bicyclic) bond motifs is 1. The van der Waals surface area contributed by atoms with E-state index in [-0.39, 0.29) is 25.1 Å². The van der Waals surface area contributed by atoms with E-state index in [4.69, 9.17) is 9.15 Å². The zero-order valence-corrected chi connectivity index (χ0v) is 15.4. The fourth-order valence-corrected chi connectivity index (χ4v) is 3.44. The highest BCUT2D eigenvalue weighted by atomic mass is 32.1. The third-order valence-electron chi connectivity index (χ3n) is 4.14. The summed E-state index contributed by atoms with van der Waals surface area (Å²) in [5.74, 6) is 0.658. The Hall–Kier alpha value is -2.48. The van der Waals surface area contributed by atoms with Crippen molar-refractivity contribution in [3.63, 3.8) is 0 Å². The maximum atomic E-state index is 12.5. The summed E-state index contributed by atoms with van der Waals surface area (Å²) in [6, 6.07) is 0. The smallest absolute Gasteiger partial charge is 0.308 e. The van der Waals surface area contributed by atoms with Crippen molar-refractivity contribution in [2.24, 2.45) is 0 Å². The summed E-state index contributed by atoms with van der Waals surface area (Å²) >= 11 is 1.50. The average Bonchev–Trinajstić information content (AvgIpc) is 3.04. The molecule has 0 spiro atoms. The molecule has 132 valence electrons. The number of nitrogens with zero attached hydrogens (tertiary/aromatic N) is 3. The van der Waals surface area contributed by atoms with E-state index >= 15 is 0 Å². The van der Waals surface area contributed by atoms with Crippen molar-refractivity contribution in [2.45, 2.75) is 47.3 Å². The van der Waals surface area contributed by atoms with Crippen LogP contribution in [0.2, 0.25) is 0 Å². The van der Waals surface area contributed by atoms with E-state index < -0.39 is 5.97 Å². The molecule has 3 aromatic heterocycles. The van der Waals surface area contributed by atoms with Gasteiger partial charge in [0, 0.05) is 11.4 Å². The van der Waals surface area contributed by atoms with Crippen molar-refractivity contribution < 1.29 is 13.9 Å². The number of rotatable bonds is 5. The Morgan fingerprint density at radius 3 is 2.76 bits per heavy atom. The average molecular weight is 361 g/mol. The minimum atomic E-state index is -0.418. The molecule has 0 fully saturated rings. The standard InChI is InChI=1S/C17H19N3O4S/c1-9-12(4)25-16-15(9)17(22)20(8-18-16)6-5-14(21)23-7-13-19-10(2)11(3)24-13/h8H,5-7H2,1-4H3. The summed E-state index contributed by atoms with van der Waals surface area (Å²) in [4.78, 5) is 34.7. The van der Waals surface area contributed by atoms with Crippen LogP contribution < -0.4 is 5.56 Å². The minimum absolute atomic E-state index is 0.0114. The highest BCUT2D eigenvalue weighted by Crippen LogP contribution is 2.25. The number of carbonyl (C=O) groups excluding carboxylic acids is 1. The maximum absolute atomic E-state index is 12.5. The first kappa shape index (κ1) is 17.3. The molecule has 0 aliphatic heterocycles. The lowest BCUT2D eigenvalue weighted by Gasteiger charge is -2.05. The van der Waals surface area contributed by atoms with Crippen LogP contribution in [0.4, 0.5) is 0 Å². The molecule has 0 saturated heterocycles. The van der Waals surface area contributed by atoms with Gasteiger partial charge in [0.25, 0.3) is 5.56 Å². The fourth-order valence-electron chi connectivity index (χ4n) is 2.46. The SMILES string of the molecule is Cc1nc(COC(=O)CCn2cnc3sc(C)c(C)c3c2=O)oc1C. The quantitative estimate of drug-likeness (QED) is 0.650. The molecule has 0 unspecified atom stereocenters. The highest BCUT2D eigenvalue weighted by Gasteiger charge is 2.14. The van der Waals surface area contributed by atoms with Crippen LogP contribution in [-0.2, 0) is 22.7 Å². The van der Waals surface area contributed by atoms with Gasteiger partial charge in [0.2, 0.25) is 5.89 Å². The van der Waals surface area contributed by atoms with Gasteiger partial charge >= 0.3 is 5.97 Å². The van der Waals surface area contributed by atoms with Crippen LogP contribution in [0, 0.1) is 27.7 Å². The van der Waals surface area contributed by atoms with E-state index in [2.05, 4.69) is 9.97 Å². The molecule has 3 heterocycles. The van der Waals surface area contributed by atoms with Gasteiger partial charge in [-0.2, -0.15) is 0 Å². The van der Waals surface area contributed by atoms with Crippen molar-refractivity contribution in [3.05, 3.63) is 44.5 Å². The van der Waals surface area contributed by atoms with Crippen molar-refractivity contribution in [1.82, 2.24) is 14.5 Å². The summed E-state index contributed by atoms with van der Waals surface area (Å²) in [6.45, 7) is 7.72. The predicted molar refractivity (Wildman–Crippen MR) is 93.7 cm³/mol. The number of carbonyl (C=O) groups is 1. The third-order valence-corrected chi connectivity index (χ3v) is 5.26. The number of hydrogen-bond donors (Lipinski definition) is 0. The predicted octanol–water partition coefficient (Wildman–Crippen LogP) is 2.81. The topological polar surface area (TPSA) is 87.2 Å². The first-order valence-electron chi connectivity index (χ1n) is 7.90. The Labute approximate surface area is 148 Å². The van der Waals surface area contributed by atoms with Crippen LogP contribution in [0.3, 0.4) is 0 Å². The van der Waals surface area contributed by atoms with Gasteiger partial charge in [-0.25, -0.2) is 9.97 Å². The van der Waals surface area contributed by atoms with Crippen LogP contribution in [-0.4, -0.2) is 20.5 Å². The van der Waals surface area contributed by atoms with Crippen LogP contribution in [0.1, 0.15) is 34.2 Å². The summed E-state index contributed by atoms with van der Waals surface area (Å²) in [5, 5.41) is 0.629. The summed E-state index contributed by atoms with van der Waals surface area (Å²) in [5.41, 5.74) is 1.60. The monoisotopic (exact) mass is 361 g/mol. The lowest BCUT2D eigenvalue weighted by atomic mass is 10.2. The zero-order chi connectivity index (χ0) is 18.1. The van der Waals surface area contributed by atoms with Gasteiger partial charge in [0.05, 0.1) is 23.8 Å². The molecule has 0 amide bonds. The van der Waals surface area contributed by atoms with E-state index in [1.54, 1.807) is 6.92 Å². The van der Waals surface area contributed by atoms with Crippen LogP contribution in [0.25, 0.3) is 10.2 Å². The summed E-state index contributed by atoms with van der Waals surface area (Å²) < 4.78 is 11.9. The van der Waals surface area contributed by atoms with Crippen molar-refractivity contribution in [1.29, 1.82) is 0 Å². The number of hydrogen-bond acceptors (Lipinski definition) is 7. The number of thiophene rings is 1. The Morgan fingerprint density at radius 1 is 1.32 bits per heavy atom. The number of aromatic nitrogens is 3. The fraction of sp³-hybridized carbons (Fsp3) is 0.412. The first-order valence-corrected chi connectivity index (χ1v) is 8.72. The van der Waals surface area contributed by atoms with Crippen molar-refractivity contribution >= 4 is 27.5 Å². The minimum Gasteiger partial charge on any atom is -0.456 e. The molecule has 8 heteroatoms. The zero-order valence-electron chi connectivity index (χ0n) is 14.6. The van der Waals surface area contributed by atoms with E-state index in [9.17, 15) is 9.59 Å². The molecule has 0 aliphatic carbocycles. The number of aryl methyl sites for hydroxylation is 5. The van der Waals surface area contributed by atoms with Gasteiger partial charge in [-0.05, 0) is 33.3 Å².